The van der Waals surface area contributed by atoms with Crippen LogP contribution < -0.4 is 4.72 Å². The van der Waals surface area contributed by atoms with Gasteiger partial charge in [-0.3, -0.25) is 4.79 Å². The third kappa shape index (κ3) is 4.32. The molecular formula is C24H17N5O5S. The zero-order valence-electron chi connectivity index (χ0n) is 18.2. The van der Waals surface area contributed by atoms with Crippen molar-refractivity contribution in [3.63, 3.8) is 0 Å². The van der Waals surface area contributed by atoms with Crippen LogP contribution >= 0.6 is 0 Å². The number of benzene rings is 3. The van der Waals surface area contributed by atoms with Crippen molar-refractivity contribution >= 4 is 43.8 Å². The number of nitrogens with zero attached hydrogens (tertiary/aromatic N) is 4. The number of hydrogen-bond acceptors (Lipinski definition) is 7. The summed E-state index contributed by atoms with van der Waals surface area (Å²) in [7, 11) is -3.74. The van der Waals surface area contributed by atoms with E-state index in [2.05, 4.69) is 15.2 Å². The normalized spacial score (nSPS) is 11.6. The van der Waals surface area contributed by atoms with Crippen LogP contribution in [0.5, 0.6) is 0 Å². The van der Waals surface area contributed by atoms with Crippen LogP contribution in [-0.2, 0) is 10.0 Å². The number of hydrogen-bond donors (Lipinski definition) is 2. The molecule has 3 aromatic carbocycles. The molecule has 0 unspecified atom stereocenters. The van der Waals surface area contributed by atoms with Crippen LogP contribution in [0.4, 0.5) is 0 Å². The second kappa shape index (κ2) is 8.29. The molecule has 0 aliphatic carbocycles. The summed E-state index contributed by atoms with van der Waals surface area (Å²) in [4.78, 5) is 30.6. The van der Waals surface area contributed by atoms with E-state index in [0.717, 1.165) is 11.9 Å². The number of carboxylic acids is 1. The zero-order chi connectivity index (χ0) is 24.7. The lowest BCUT2D eigenvalue weighted by molar-refractivity contribution is 0.0698. The first-order valence-electron chi connectivity index (χ1n) is 10.3. The molecule has 174 valence electrons. The molecular weight excluding hydrogens is 470 g/mol. The summed E-state index contributed by atoms with van der Waals surface area (Å²) in [5.41, 5.74) is 2.83. The van der Waals surface area contributed by atoms with Crippen molar-refractivity contribution in [2.24, 2.45) is 0 Å². The lowest BCUT2D eigenvalue weighted by Crippen LogP contribution is -2.29. The van der Waals surface area contributed by atoms with Crippen molar-refractivity contribution in [2.45, 2.75) is 0 Å². The second-order valence-corrected chi connectivity index (χ2v) is 9.55. The van der Waals surface area contributed by atoms with Crippen molar-refractivity contribution in [1.82, 2.24) is 24.7 Å². The van der Waals surface area contributed by atoms with Crippen LogP contribution in [0.25, 0.3) is 38.9 Å². The summed E-state index contributed by atoms with van der Waals surface area (Å²) < 4.78 is 24.7. The van der Waals surface area contributed by atoms with Crippen LogP contribution in [0.2, 0.25) is 0 Å². The van der Waals surface area contributed by atoms with Crippen LogP contribution in [0.15, 0.2) is 72.8 Å². The first-order chi connectivity index (χ1) is 16.7. The maximum absolute atomic E-state index is 12.3. The Morgan fingerprint density at radius 1 is 0.914 bits per heavy atom. The highest BCUT2D eigenvalue weighted by atomic mass is 32.2. The summed E-state index contributed by atoms with van der Waals surface area (Å²) in [6.45, 7) is 0. The maximum Gasteiger partial charge on any atom is 0.336 e. The average Bonchev–Trinajstić information content (AvgIpc) is 3.27. The fraction of sp³-hybridized carbons (Fsp3) is 0.0417. The molecule has 2 N–H and O–H groups in total. The smallest absolute Gasteiger partial charge is 0.336 e. The van der Waals surface area contributed by atoms with E-state index in [1.807, 2.05) is 35.1 Å². The predicted molar refractivity (Wildman–Crippen MR) is 129 cm³/mol. The van der Waals surface area contributed by atoms with E-state index in [1.54, 1.807) is 24.3 Å². The first kappa shape index (κ1) is 22.2. The Hall–Kier alpha value is -4.64. The van der Waals surface area contributed by atoms with Crippen molar-refractivity contribution < 1.29 is 23.1 Å². The summed E-state index contributed by atoms with van der Waals surface area (Å²) in [6.07, 6.45) is 0.882. The Balaban J connectivity index is 1.67. The predicted octanol–water partition coefficient (Wildman–Crippen LogP) is 3.02. The number of nitrogens with one attached hydrogen (secondary N) is 1. The van der Waals surface area contributed by atoms with E-state index >= 15 is 0 Å². The fourth-order valence-electron chi connectivity index (χ4n) is 3.74. The van der Waals surface area contributed by atoms with Gasteiger partial charge in [-0.25, -0.2) is 22.9 Å². The summed E-state index contributed by atoms with van der Waals surface area (Å²) in [5.74, 6) is -1.97. The van der Waals surface area contributed by atoms with Crippen molar-refractivity contribution in [1.29, 1.82) is 0 Å². The number of rotatable bonds is 5. The Morgan fingerprint density at radius 3 is 2.37 bits per heavy atom. The molecule has 0 fully saturated rings. The quantitative estimate of drug-likeness (QED) is 0.385. The lowest BCUT2D eigenvalue weighted by atomic mass is 10.0. The van der Waals surface area contributed by atoms with Gasteiger partial charge in [-0.05, 0) is 42.5 Å². The molecule has 5 aromatic rings. The Morgan fingerprint density at radius 2 is 1.66 bits per heavy atom. The topological polar surface area (TPSA) is 144 Å². The molecule has 0 bridgehead atoms. The number of para-hydroxylation sites is 1. The van der Waals surface area contributed by atoms with Crippen molar-refractivity contribution in [3.05, 3.63) is 83.9 Å². The molecule has 0 spiro atoms. The van der Waals surface area contributed by atoms with Crippen LogP contribution in [0, 0.1) is 0 Å². The van der Waals surface area contributed by atoms with Gasteiger partial charge >= 0.3 is 5.97 Å². The average molecular weight is 487 g/mol. The van der Waals surface area contributed by atoms with Gasteiger partial charge in [0.25, 0.3) is 5.91 Å². The number of carbonyl (C=O) groups is 2. The summed E-state index contributed by atoms with van der Waals surface area (Å²) >= 11 is 0. The molecule has 0 atom stereocenters. The molecule has 5 rings (SSSR count). The Bertz CT molecular complexity index is 1750. The molecule has 10 nitrogen and oxygen atoms in total. The SMILES string of the molecule is CS(=O)(=O)NC(=O)c1cccc(-c2cc(C(=O)O)c3c(ccc4nn(-c5ccccc5)nc43)n2)c1. The number of pyridine rings is 1. The van der Waals surface area contributed by atoms with Gasteiger partial charge < -0.3 is 5.11 Å². The third-order valence-corrected chi connectivity index (χ3v) is 5.80. The number of aromatic nitrogens is 4. The molecule has 2 aromatic heterocycles. The highest BCUT2D eigenvalue weighted by Crippen LogP contribution is 2.30. The van der Waals surface area contributed by atoms with Gasteiger partial charge in [-0.15, -0.1) is 10.2 Å². The van der Waals surface area contributed by atoms with E-state index in [9.17, 15) is 23.1 Å². The van der Waals surface area contributed by atoms with Crippen LogP contribution in [0.1, 0.15) is 20.7 Å². The molecule has 0 aliphatic heterocycles. The minimum Gasteiger partial charge on any atom is -0.478 e. The van der Waals surface area contributed by atoms with E-state index in [0.29, 0.717) is 33.2 Å². The third-order valence-electron chi connectivity index (χ3n) is 5.24. The van der Waals surface area contributed by atoms with E-state index in [1.165, 1.54) is 23.0 Å². The second-order valence-electron chi connectivity index (χ2n) is 7.80. The van der Waals surface area contributed by atoms with Gasteiger partial charge in [-0.2, -0.15) is 4.80 Å². The molecule has 35 heavy (non-hydrogen) atoms. The molecule has 2 heterocycles. The number of amides is 1. The van der Waals surface area contributed by atoms with Gasteiger partial charge in [0.1, 0.15) is 11.0 Å². The van der Waals surface area contributed by atoms with E-state index in [4.69, 9.17) is 0 Å². The van der Waals surface area contributed by atoms with Gasteiger partial charge in [-0.1, -0.05) is 30.3 Å². The fourth-order valence-corrected chi connectivity index (χ4v) is 4.20. The highest BCUT2D eigenvalue weighted by Gasteiger charge is 2.19. The first-order valence-corrected chi connectivity index (χ1v) is 12.2. The zero-order valence-corrected chi connectivity index (χ0v) is 19.0. The minimum absolute atomic E-state index is 0.0262. The molecule has 0 saturated carbocycles. The van der Waals surface area contributed by atoms with Crippen molar-refractivity contribution in [3.8, 4) is 16.9 Å². The molecule has 0 aliphatic rings. The largest absolute Gasteiger partial charge is 0.478 e. The van der Waals surface area contributed by atoms with Gasteiger partial charge in [0, 0.05) is 16.5 Å². The van der Waals surface area contributed by atoms with E-state index < -0.39 is 21.9 Å². The molecule has 1 amide bonds. The van der Waals surface area contributed by atoms with Crippen LogP contribution in [-0.4, -0.2) is 51.6 Å². The Labute approximate surface area is 198 Å². The molecule has 0 saturated heterocycles. The maximum atomic E-state index is 12.3. The number of carboxylic acid groups (broad SMARTS) is 1. The number of fused-ring (bicyclic) bond motifs is 3. The molecule has 0 radical (unpaired) electrons. The van der Waals surface area contributed by atoms with Crippen LogP contribution in [0.3, 0.4) is 0 Å². The highest BCUT2D eigenvalue weighted by molar-refractivity contribution is 7.89. The van der Waals surface area contributed by atoms with Gasteiger partial charge in [0.05, 0.1) is 28.7 Å². The number of sulfonamides is 1. The Kier molecular flexibility index (Phi) is 5.25. The lowest BCUT2D eigenvalue weighted by Gasteiger charge is -2.09. The number of carbonyl (C=O) groups excluding carboxylic acids is 1. The standard InChI is InChI=1S/C24H17N5O5S/c1-35(33,34)28-23(30)15-7-5-6-14(12-15)20-13-17(24(31)32)21-18(25-20)10-11-19-22(21)27-29(26-19)16-8-3-2-4-9-16/h2-13H,1H3,(H,28,30)(H,31,32). The minimum atomic E-state index is -3.74. The van der Waals surface area contributed by atoms with E-state index in [-0.39, 0.29) is 11.1 Å². The number of aromatic carboxylic acids is 1. The van der Waals surface area contributed by atoms with Gasteiger partial charge in [0.2, 0.25) is 10.0 Å². The van der Waals surface area contributed by atoms with Gasteiger partial charge in [0.15, 0.2) is 0 Å². The monoisotopic (exact) mass is 487 g/mol. The summed E-state index contributed by atoms with van der Waals surface area (Å²) in [6, 6.07) is 20.1. The summed E-state index contributed by atoms with van der Waals surface area (Å²) in [5, 5.41) is 19.3. The van der Waals surface area contributed by atoms with Crippen molar-refractivity contribution in [2.75, 3.05) is 6.26 Å². The molecule has 11 heteroatoms.